The van der Waals surface area contributed by atoms with E-state index in [-0.39, 0.29) is 47.0 Å². The van der Waals surface area contributed by atoms with Crippen molar-refractivity contribution in [3.8, 4) is 17.2 Å². The van der Waals surface area contributed by atoms with Crippen molar-refractivity contribution in [2.24, 2.45) is 0 Å². The van der Waals surface area contributed by atoms with Crippen LogP contribution in [0, 0.1) is 19.7 Å². The van der Waals surface area contributed by atoms with Gasteiger partial charge in [0.2, 0.25) is 0 Å². The molecule has 3 aromatic carbocycles. The number of carboxylic acid groups (broad SMARTS) is 1. The number of rotatable bonds is 9. The number of aromatic carboxylic acids is 1. The third-order valence-corrected chi connectivity index (χ3v) is 5.69. The molecule has 3 N–H and O–H groups in total. The first kappa shape index (κ1) is 32.7. The van der Waals surface area contributed by atoms with Crippen molar-refractivity contribution in [3.63, 3.8) is 0 Å². The number of nitrogens with one attached hydrogen (secondary N) is 2. The molecule has 0 atom stereocenters. The summed E-state index contributed by atoms with van der Waals surface area (Å²) in [7, 11) is 0. The molecule has 0 aliphatic carbocycles. The van der Waals surface area contributed by atoms with Gasteiger partial charge in [0, 0.05) is 5.69 Å². The Labute approximate surface area is 244 Å². The van der Waals surface area contributed by atoms with Crippen LogP contribution in [0.1, 0.15) is 58.2 Å². The van der Waals surface area contributed by atoms with E-state index in [1.165, 1.54) is 26.0 Å². The van der Waals surface area contributed by atoms with Gasteiger partial charge < -0.3 is 30.0 Å². The van der Waals surface area contributed by atoms with E-state index in [4.69, 9.17) is 14.2 Å². The number of aryl methyl sites for hydroxylation is 2. The second-order valence-corrected chi connectivity index (χ2v) is 10.4. The summed E-state index contributed by atoms with van der Waals surface area (Å²) in [5.74, 6) is -3.28. The fourth-order valence-corrected chi connectivity index (χ4v) is 3.83. The van der Waals surface area contributed by atoms with Gasteiger partial charge in [0.15, 0.2) is 0 Å². The molecule has 0 unspecified atom stereocenters. The van der Waals surface area contributed by atoms with Crippen molar-refractivity contribution in [1.29, 1.82) is 0 Å². The van der Waals surface area contributed by atoms with Gasteiger partial charge >= 0.3 is 18.2 Å². The average Bonchev–Trinajstić information content (AvgIpc) is 2.87. The first-order chi connectivity index (χ1) is 19.9. The van der Waals surface area contributed by atoms with E-state index in [9.17, 15) is 37.1 Å². The highest BCUT2D eigenvalue weighted by molar-refractivity contribution is 6.07. The van der Waals surface area contributed by atoms with Crippen LogP contribution in [-0.4, -0.2) is 41.8 Å². The number of hydrogen-bond donors (Lipinski definition) is 3. The predicted molar refractivity (Wildman–Crippen MR) is 148 cm³/mol. The molecule has 0 fully saturated rings. The lowest BCUT2D eigenvalue weighted by Gasteiger charge is -2.20. The number of halogens is 4. The summed E-state index contributed by atoms with van der Waals surface area (Å²) >= 11 is 0. The summed E-state index contributed by atoms with van der Waals surface area (Å²) in [6.07, 6.45) is -5.41. The number of carboxylic acids is 1. The maximum absolute atomic E-state index is 13.5. The summed E-state index contributed by atoms with van der Waals surface area (Å²) in [4.78, 5) is 37.0. The normalized spacial score (nSPS) is 11.5. The van der Waals surface area contributed by atoms with E-state index in [1.807, 2.05) is 0 Å². The molecule has 9 nitrogen and oxygen atoms in total. The quantitative estimate of drug-likeness (QED) is 0.175. The van der Waals surface area contributed by atoms with Gasteiger partial charge in [-0.15, -0.1) is 0 Å². The zero-order valence-corrected chi connectivity index (χ0v) is 23.9. The maximum Gasteiger partial charge on any atom is 0.416 e. The van der Waals surface area contributed by atoms with Crippen LogP contribution in [0.15, 0.2) is 48.5 Å². The minimum Gasteiger partial charge on any atom is -0.491 e. The lowest BCUT2D eigenvalue weighted by Crippen LogP contribution is -2.34. The van der Waals surface area contributed by atoms with E-state index < -0.39 is 46.9 Å². The number of alkyl halides is 3. The minimum absolute atomic E-state index is 0.0100. The van der Waals surface area contributed by atoms with Crippen molar-refractivity contribution in [1.82, 2.24) is 5.32 Å². The maximum atomic E-state index is 13.5. The Hall–Kier alpha value is -4.81. The molecule has 3 aromatic rings. The van der Waals surface area contributed by atoms with Crippen molar-refractivity contribution in [2.45, 2.75) is 46.4 Å². The smallest absolute Gasteiger partial charge is 0.416 e. The summed E-state index contributed by atoms with van der Waals surface area (Å²) < 4.78 is 70.2. The Morgan fingerprint density at radius 3 is 2.19 bits per heavy atom. The van der Waals surface area contributed by atoms with Crippen LogP contribution in [0.3, 0.4) is 0 Å². The molecule has 0 radical (unpaired) electrons. The molecule has 0 bridgehead atoms. The number of benzene rings is 3. The van der Waals surface area contributed by atoms with Crippen LogP contribution in [-0.2, 0) is 10.9 Å². The summed E-state index contributed by atoms with van der Waals surface area (Å²) in [6, 6.07) is 8.21. The van der Waals surface area contributed by atoms with Gasteiger partial charge in [-0.3, -0.25) is 4.79 Å². The largest absolute Gasteiger partial charge is 0.491 e. The van der Waals surface area contributed by atoms with E-state index in [2.05, 4.69) is 10.6 Å². The molecule has 0 heterocycles. The highest BCUT2D eigenvalue weighted by Gasteiger charge is 2.32. The van der Waals surface area contributed by atoms with Gasteiger partial charge in [-0.1, -0.05) is 0 Å². The number of alkyl carbamates (subject to hydrolysis) is 1. The molecule has 0 saturated carbocycles. The lowest BCUT2D eigenvalue weighted by molar-refractivity contribution is -0.137. The van der Waals surface area contributed by atoms with Crippen LogP contribution in [0.2, 0.25) is 0 Å². The predicted octanol–water partition coefficient (Wildman–Crippen LogP) is 7.11. The lowest BCUT2D eigenvalue weighted by atomic mass is 10.1. The molecular weight excluding hydrogens is 576 g/mol. The van der Waals surface area contributed by atoms with Crippen molar-refractivity contribution in [3.05, 3.63) is 82.2 Å². The monoisotopic (exact) mass is 606 g/mol. The van der Waals surface area contributed by atoms with Gasteiger partial charge in [-0.05, 0) is 94.3 Å². The molecule has 0 aliphatic rings. The Bertz CT molecular complexity index is 1530. The van der Waals surface area contributed by atoms with Crippen molar-refractivity contribution < 1.29 is 51.3 Å². The molecule has 2 amide bonds. The molecule has 0 aliphatic heterocycles. The third kappa shape index (κ3) is 9.09. The molecule has 13 heteroatoms. The number of amides is 2. The number of hydrogen-bond acceptors (Lipinski definition) is 6. The zero-order valence-electron chi connectivity index (χ0n) is 23.9. The fourth-order valence-electron chi connectivity index (χ4n) is 3.83. The SMILES string of the molecule is Cc1cc(F)ccc1Oc1cc(C(F)(F)F)ccc1C(=O)Nc1cc(C)c(OCCNC(=O)OC(C)(C)C)c(C(=O)O)c1. The second kappa shape index (κ2) is 13.0. The Kier molecular flexibility index (Phi) is 9.89. The van der Waals surface area contributed by atoms with E-state index in [0.717, 1.165) is 24.3 Å². The first-order valence-electron chi connectivity index (χ1n) is 12.9. The second-order valence-electron chi connectivity index (χ2n) is 10.4. The van der Waals surface area contributed by atoms with Gasteiger partial charge in [-0.2, -0.15) is 13.2 Å². The highest BCUT2D eigenvalue weighted by Crippen LogP contribution is 2.36. The molecule has 0 aromatic heterocycles. The number of anilines is 1. The standard InChI is InChI=1S/C30H30F4N2O7/c1-16-12-19(31)7-9-23(16)42-24-14-18(30(32,33)34)6-8-21(24)26(37)36-20-13-17(2)25(22(15-20)27(38)39)41-11-10-35-28(40)43-29(3,4)5/h6-9,12-15H,10-11H2,1-5H3,(H,35,40)(H,36,37)(H,38,39). The molecule has 0 spiro atoms. The molecule has 3 rings (SSSR count). The van der Waals surface area contributed by atoms with Crippen LogP contribution in [0.4, 0.5) is 28.0 Å². The Morgan fingerprint density at radius 2 is 1.58 bits per heavy atom. The van der Waals surface area contributed by atoms with Crippen LogP contribution >= 0.6 is 0 Å². The van der Waals surface area contributed by atoms with Gasteiger partial charge in [0.25, 0.3) is 5.91 Å². The summed E-state index contributed by atoms with van der Waals surface area (Å²) in [6.45, 7) is 8.02. The highest BCUT2D eigenvalue weighted by atomic mass is 19.4. The van der Waals surface area contributed by atoms with Crippen LogP contribution in [0.5, 0.6) is 17.2 Å². The molecule has 43 heavy (non-hydrogen) atoms. The van der Waals surface area contributed by atoms with Crippen LogP contribution < -0.4 is 20.1 Å². The zero-order chi connectivity index (χ0) is 32.1. The van der Waals surface area contributed by atoms with Crippen molar-refractivity contribution >= 4 is 23.7 Å². The topological polar surface area (TPSA) is 123 Å². The average molecular weight is 607 g/mol. The number of ether oxygens (including phenoxy) is 3. The fraction of sp³-hybridized carbons (Fsp3) is 0.300. The van der Waals surface area contributed by atoms with E-state index in [0.29, 0.717) is 17.7 Å². The molecule has 230 valence electrons. The summed E-state index contributed by atoms with van der Waals surface area (Å²) in [5, 5.41) is 14.7. The Balaban J connectivity index is 1.84. The Morgan fingerprint density at radius 1 is 0.884 bits per heavy atom. The number of carbonyl (C=O) groups excluding carboxylic acids is 2. The van der Waals surface area contributed by atoms with Crippen LogP contribution in [0.25, 0.3) is 0 Å². The van der Waals surface area contributed by atoms with E-state index >= 15 is 0 Å². The van der Waals surface area contributed by atoms with Gasteiger partial charge in [-0.25, -0.2) is 14.0 Å². The third-order valence-electron chi connectivity index (χ3n) is 5.69. The van der Waals surface area contributed by atoms with Gasteiger partial charge in [0.1, 0.15) is 40.8 Å². The molecule has 0 saturated heterocycles. The van der Waals surface area contributed by atoms with Gasteiger partial charge in [0.05, 0.1) is 17.7 Å². The number of carbonyl (C=O) groups is 3. The first-order valence-corrected chi connectivity index (χ1v) is 12.9. The van der Waals surface area contributed by atoms with Crippen molar-refractivity contribution in [2.75, 3.05) is 18.5 Å². The van der Waals surface area contributed by atoms with E-state index in [1.54, 1.807) is 20.8 Å². The summed E-state index contributed by atoms with van der Waals surface area (Å²) in [5.41, 5.74) is -1.77. The molecular formula is C30H30F4N2O7. The minimum atomic E-state index is -4.74.